The molecular formula is C16H23N5O4S. The quantitative estimate of drug-likeness (QED) is 0.669. The Labute approximate surface area is 153 Å². The fourth-order valence-electron chi connectivity index (χ4n) is 2.07. The summed E-state index contributed by atoms with van der Waals surface area (Å²) in [6.07, 6.45) is 0. The number of rotatable bonds is 9. The Kier molecular flexibility index (Phi) is 6.58. The Morgan fingerprint density at radius 2 is 1.65 bits per heavy atom. The van der Waals surface area contributed by atoms with E-state index in [-0.39, 0.29) is 10.7 Å². The molecule has 1 heterocycles. The van der Waals surface area contributed by atoms with Crippen LogP contribution >= 0.6 is 0 Å². The summed E-state index contributed by atoms with van der Waals surface area (Å²) in [5, 5.41) is 11.0. The Morgan fingerprint density at radius 1 is 1.00 bits per heavy atom. The topological polar surface area (TPSA) is 106 Å². The van der Waals surface area contributed by atoms with Crippen LogP contribution in [0.25, 0.3) is 0 Å². The van der Waals surface area contributed by atoms with E-state index in [9.17, 15) is 8.42 Å². The third-order valence-corrected chi connectivity index (χ3v) is 4.79. The van der Waals surface area contributed by atoms with Crippen LogP contribution in [0.5, 0.6) is 11.5 Å². The molecule has 2 N–H and O–H groups in total. The average Bonchev–Trinajstić information content (AvgIpc) is 2.62. The van der Waals surface area contributed by atoms with Gasteiger partial charge in [0.15, 0.2) is 17.3 Å². The molecule has 0 radical (unpaired) electrons. The normalized spacial score (nSPS) is 11.3. The van der Waals surface area contributed by atoms with Crippen molar-refractivity contribution in [3.63, 3.8) is 0 Å². The Bertz CT molecular complexity index is 825. The molecule has 1 aromatic heterocycles. The third kappa shape index (κ3) is 5.20. The highest BCUT2D eigenvalue weighted by atomic mass is 32.2. The second-order valence-electron chi connectivity index (χ2n) is 5.66. The van der Waals surface area contributed by atoms with Crippen LogP contribution in [0.2, 0.25) is 0 Å². The van der Waals surface area contributed by atoms with Crippen LogP contribution in [0.4, 0.5) is 11.6 Å². The number of likely N-dealkylation sites (N-methyl/N-ethyl adjacent to an activating group) is 1. The maximum atomic E-state index is 12.5. The summed E-state index contributed by atoms with van der Waals surface area (Å²) < 4.78 is 37.6. The molecule has 10 heteroatoms. The van der Waals surface area contributed by atoms with E-state index in [1.54, 1.807) is 12.1 Å². The summed E-state index contributed by atoms with van der Waals surface area (Å²) >= 11 is 0. The zero-order chi connectivity index (χ0) is 19.2. The molecule has 142 valence electrons. The first kappa shape index (κ1) is 19.7. The first-order chi connectivity index (χ1) is 12.4. The van der Waals surface area contributed by atoms with Gasteiger partial charge in [-0.15, -0.1) is 10.2 Å². The number of nitrogens with one attached hydrogen (secondary N) is 2. The number of nitrogens with zero attached hydrogens (tertiary/aromatic N) is 3. The van der Waals surface area contributed by atoms with Crippen molar-refractivity contribution in [2.24, 2.45) is 0 Å². The van der Waals surface area contributed by atoms with Crippen LogP contribution < -0.4 is 19.5 Å². The molecular weight excluding hydrogens is 358 g/mol. The van der Waals surface area contributed by atoms with Gasteiger partial charge in [0.05, 0.1) is 19.1 Å². The van der Waals surface area contributed by atoms with Crippen molar-refractivity contribution in [3.05, 3.63) is 30.3 Å². The number of methoxy groups -OCH3 is 2. The van der Waals surface area contributed by atoms with Crippen molar-refractivity contribution in [1.82, 2.24) is 15.1 Å². The molecule has 0 aliphatic heterocycles. The Balaban J connectivity index is 2.09. The maximum Gasteiger partial charge on any atom is 0.263 e. The molecule has 1 aromatic carbocycles. The molecule has 0 amide bonds. The molecule has 0 saturated carbocycles. The second-order valence-corrected chi connectivity index (χ2v) is 7.34. The molecule has 0 atom stereocenters. The lowest BCUT2D eigenvalue weighted by Crippen LogP contribution is -2.21. The number of anilines is 2. The summed E-state index contributed by atoms with van der Waals surface area (Å²) in [5.74, 6) is 1.46. The van der Waals surface area contributed by atoms with Crippen molar-refractivity contribution in [2.45, 2.75) is 4.90 Å². The van der Waals surface area contributed by atoms with Crippen molar-refractivity contribution in [1.29, 1.82) is 0 Å². The van der Waals surface area contributed by atoms with E-state index in [1.807, 2.05) is 19.0 Å². The predicted octanol–water partition coefficient (Wildman–Crippen LogP) is 1.27. The van der Waals surface area contributed by atoms with E-state index in [4.69, 9.17) is 9.47 Å². The third-order valence-electron chi connectivity index (χ3n) is 3.43. The molecule has 26 heavy (non-hydrogen) atoms. The smallest absolute Gasteiger partial charge is 0.263 e. The van der Waals surface area contributed by atoms with Crippen LogP contribution in [0.3, 0.4) is 0 Å². The molecule has 0 aliphatic carbocycles. The van der Waals surface area contributed by atoms with E-state index in [0.29, 0.717) is 23.9 Å². The lowest BCUT2D eigenvalue weighted by Gasteiger charge is -2.12. The second kappa shape index (κ2) is 8.68. The molecule has 0 saturated heterocycles. The van der Waals surface area contributed by atoms with Crippen LogP contribution in [0, 0.1) is 0 Å². The van der Waals surface area contributed by atoms with E-state index in [1.165, 1.54) is 32.4 Å². The maximum absolute atomic E-state index is 12.5. The lowest BCUT2D eigenvalue weighted by molar-refractivity contribution is 0.354. The van der Waals surface area contributed by atoms with Gasteiger partial charge in [-0.25, -0.2) is 8.42 Å². The largest absolute Gasteiger partial charge is 0.493 e. The molecule has 0 spiro atoms. The summed E-state index contributed by atoms with van der Waals surface area (Å²) in [5.41, 5.74) is 0. The molecule has 9 nitrogen and oxygen atoms in total. The highest BCUT2D eigenvalue weighted by Gasteiger charge is 2.18. The highest BCUT2D eigenvalue weighted by molar-refractivity contribution is 7.92. The van der Waals surface area contributed by atoms with Crippen molar-refractivity contribution >= 4 is 21.7 Å². The number of ether oxygens (including phenoxy) is 2. The number of benzene rings is 1. The summed E-state index contributed by atoms with van der Waals surface area (Å²) in [6, 6.07) is 7.54. The van der Waals surface area contributed by atoms with Crippen molar-refractivity contribution in [2.75, 3.05) is 51.4 Å². The fraction of sp³-hybridized carbons (Fsp3) is 0.375. The van der Waals surface area contributed by atoms with Gasteiger partial charge in [0.2, 0.25) is 0 Å². The number of sulfonamides is 1. The zero-order valence-electron chi connectivity index (χ0n) is 15.2. The predicted molar refractivity (Wildman–Crippen MR) is 99.4 cm³/mol. The summed E-state index contributed by atoms with van der Waals surface area (Å²) in [7, 11) is 3.04. The Hall–Kier alpha value is -2.59. The van der Waals surface area contributed by atoms with Gasteiger partial charge >= 0.3 is 0 Å². The van der Waals surface area contributed by atoms with Gasteiger partial charge in [0.1, 0.15) is 5.82 Å². The molecule has 0 unspecified atom stereocenters. The lowest BCUT2D eigenvalue weighted by atomic mass is 10.3. The van der Waals surface area contributed by atoms with Gasteiger partial charge in [-0.1, -0.05) is 0 Å². The van der Waals surface area contributed by atoms with E-state index in [0.717, 1.165) is 6.54 Å². The summed E-state index contributed by atoms with van der Waals surface area (Å²) in [4.78, 5) is 2.07. The molecule has 0 aliphatic rings. The SMILES string of the molecule is COc1ccc(S(=O)(=O)Nc2ccc(NCCN(C)C)nn2)cc1OC. The zero-order valence-corrected chi connectivity index (χ0v) is 16.0. The molecule has 2 rings (SSSR count). The minimum atomic E-state index is -3.83. The van der Waals surface area contributed by atoms with Gasteiger partial charge in [0, 0.05) is 19.2 Å². The monoisotopic (exact) mass is 381 g/mol. The van der Waals surface area contributed by atoms with E-state index < -0.39 is 10.0 Å². The first-order valence-corrected chi connectivity index (χ1v) is 9.31. The van der Waals surface area contributed by atoms with E-state index in [2.05, 4.69) is 20.2 Å². The van der Waals surface area contributed by atoms with Crippen LogP contribution in [-0.4, -0.2) is 64.9 Å². The molecule has 0 bridgehead atoms. The molecule has 2 aromatic rings. The number of aromatic nitrogens is 2. The summed E-state index contributed by atoms with van der Waals surface area (Å²) in [6.45, 7) is 1.55. The van der Waals surface area contributed by atoms with Crippen LogP contribution in [-0.2, 0) is 10.0 Å². The van der Waals surface area contributed by atoms with Crippen molar-refractivity contribution < 1.29 is 17.9 Å². The number of hydrogen-bond acceptors (Lipinski definition) is 8. The van der Waals surface area contributed by atoms with Gasteiger partial charge in [-0.2, -0.15) is 0 Å². The number of hydrogen-bond donors (Lipinski definition) is 2. The minimum Gasteiger partial charge on any atom is -0.493 e. The average molecular weight is 381 g/mol. The van der Waals surface area contributed by atoms with Gasteiger partial charge in [-0.3, -0.25) is 4.72 Å². The first-order valence-electron chi connectivity index (χ1n) is 7.83. The minimum absolute atomic E-state index is 0.0325. The van der Waals surface area contributed by atoms with Crippen LogP contribution in [0.15, 0.2) is 35.2 Å². The molecule has 0 fully saturated rings. The van der Waals surface area contributed by atoms with Crippen molar-refractivity contribution in [3.8, 4) is 11.5 Å². The van der Waals surface area contributed by atoms with Gasteiger partial charge < -0.3 is 19.7 Å². The van der Waals surface area contributed by atoms with Gasteiger partial charge in [0.25, 0.3) is 10.0 Å². The highest BCUT2D eigenvalue weighted by Crippen LogP contribution is 2.29. The fourth-order valence-corrected chi connectivity index (χ4v) is 3.08. The van der Waals surface area contributed by atoms with Crippen LogP contribution in [0.1, 0.15) is 0 Å². The standard InChI is InChI=1S/C16H23N5O4S/c1-21(2)10-9-17-15-7-8-16(19-18-15)20-26(22,23)12-5-6-13(24-3)14(11-12)25-4/h5-8,11H,9-10H2,1-4H3,(H,17,18)(H,19,20). The van der Waals surface area contributed by atoms with Gasteiger partial charge in [-0.05, 0) is 38.4 Å². The van der Waals surface area contributed by atoms with E-state index >= 15 is 0 Å². The Morgan fingerprint density at radius 3 is 2.23 bits per heavy atom.